The van der Waals surface area contributed by atoms with Crippen LogP contribution in [0.3, 0.4) is 0 Å². The van der Waals surface area contributed by atoms with Crippen LogP contribution in [0.25, 0.3) is 0 Å². The van der Waals surface area contributed by atoms with Gasteiger partial charge in [-0.15, -0.1) is 0 Å². The Labute approximate surface area is 107 Å². The van der Waals surface area contributed by atoms with Gasteiger partial charge in [-0.1, -0.05) is 30.7 Å². The number of halogens is 1. The lowest BCUT2D eigenvalue weighted by atomic mass is 9.91. The molecule has 1 aromatic carbocycles. The summed E-state index contributed by atoms with van der Waals surface area (Å²) in [7, 11) is 0. The van der Waals surface area contributed by atoms with E-state index in [0.717, 1.165) is 18.4 Å². The summed E-state index contributed by atoms with van der Waals surface area (Å²) in [5.74, 6) is 0.343. The molecule has 0 spiro atoms. The monoisotopic (exact) mass is 252 g/mol. The Morgan fingerprint density at radius 2 is 2.35 bits per heavy atom. The number of benzene rings is 1. The first-order valence-electron chi connectivity index (χ1n) is 6.09. The van der Waals surface area contributed by atoms with Crippen molar-refractivity contribution >= 4 is 17.4 Å². The van der Waals surface area contributed by atoms with Gasteiger partial charge >= 0.3 is 0 Å². The van der Waals surface area contributed by atoms with Crippen molar-refractivity contribution in [3.8, 4) is 0 Å². The Morgan fingerprint density at radius 1 is 1.53 bits per heavy atom. The molecule has 3 heteroatoms. The largest absolute Gasteiger partial charge is 0.377 e. The number of carbonyl (C=O) groups excluding carboxylic acids is 1. The third-order valence-corrected chi connectivity index (χ3v) is 3.53. The summed E-state index contributed by atoms with van der Waals surface area (Å²) in [6.07, 6.45) is 2.34. The van der Waals surface area contributed by atoms with E-state index in [2.05, 4.69) is 6.92 Å². The molecule has 1 saturated heterocycles. The van der Waals surface area contributed by atoms with Crippen LogP contribution in [0.4, 0.5) is 0 Å². The first kappa shape index (κ1) is 12.6. The van der Waals surface area contributed by atoms with Crippen molar-refractivity contribution in [1.29, 1.82) is 0 Å². The molecular formula is C14H17ClO2. The van der Waals surface area contributed by atoms with Crippen LogP contribution in [0.1, 0.15) is 25.3 Å². The van der Waals surface area contributed by atoms with Gasteiger partial charge in [0.15, 0.2) is 0 Å². The van der Waals surface area contributed by atoms with Crippen molar-refractivity contribution in [2.75, 3.05) is 6.61 Å². The lowest BCUT2D eigenvalue weighted by Gasteiger charge is -2.15. The molecule has 92 valence electrons. The zero-order valence-corrected chi connectivity index (χ0v) is 10.7. The maximum Gasteiger partial charge on any atom is 0.143 e. The maximum absolute atomic E-state index is 12.2. The average molecular weight is 253 g/mol. The first-order chi connectivity index (χ1) is 8.20. The number of hydrogen-bond donors (Lipinski definition) is 0. The second kappa shape index (κ2) is 5.65. The highest BCUT2D eigenvalue weighted by Gasteiger charge is 2.32. The zero-order chi connectivity index (χ0) is 12.3. The molecule has 17 heavy (non-hydrogen) atoms. The second-order valence-corrected chi connectivity index (χ2v) is 4.92. The average Bonchev–Trinajstić information content (AvgIpc) is 2.77. The van der Waals surface area contributed by atoms with E-state index in [1.807, 2.05) is 24.3 Å². The van der Waals surface area contributed by atoms with Gasteiger partial charge in [-0.05, 0) is 30.5 Å². The zero-order valence-electron chi connectivity index (χ0n) is 9.99. The quantitative estimate of drug-likeness (QED) is 0.822. The van der Waals surface area contributed by atoms with Crippen LogP contribution in [0, 0.1) is 5.92 Å². The Morgan fingerprint density at radius 3 is 3.06 bits per heavy atom. The SMILES string of the molecule is CCC1OCCC1C(=O)Cc1cccc(Cl)c1. The van der Waals surface area contributed by atoms with E-state index in [0.29, 0.717) is 18.1 Å². The molecule has 2 rings (SSSR count). The van der Waals surface area contributed by atoms with E-state index >= 15 is 0 Å². The fourth-order valence-corrected chi connectivity index (χ4v) is 2.61. The first-order valence-corrected chi connectivity index (χ1v) is 6.47. The van der Waals surface area contributed by atoms with Gasteiger partial charge in [0, 0.05) is 24.0 Å². The van der Waals surface area contributed by atoms with E-state index in [1.165, 1.54) is 0 Å². The Balaban J connectivity index is 2.01. The van der Waals surface area contributed by atoms with Gasteiger partial charge in [0.05, 0.1) is 6.10 Å². The van der Waals surface area contributed by atoms with E-state index in [9.17, 15) is 4.79 Å². The molecule has 2 unspecified atom stereocenters. The van der Waals surface area contributed by atoms with Crippen LogP contribution < -0.4 is 0 Å². The minimum atomic E-state index is 0.0685. The van der Waals surface area contributed by atoms with Gasteiger partial charge in [0.2, 0.25) is 0 Å². The fraction of sp³-hybridized carbons (Fsp3) is 0.500. The van der Waals surface area contributed by atoms with Gasteiger partial charge in [-0.2, -0.15) is 0 Å². The molecule has 1 aliphatic rings. The van der Waals surface area contributed by atoms with Crippen LogP contribution in [0.5, 0.6) is 0 Å². The van der Waals surface area contributed by atoms with Crippen molar-refractivity contribution in [3.63, 3.8) is 0 Å². The summed E-state index contributed by atoms with van der Waals surface area (Å²) in [4.78, 5) is 12.2. The van der Waals surface area contributed by atoms with Crippen LogP contribution in [0.2, 0.25) is 5.02 Å². The normalized spacial score (nSPS) is 23.9. The molecule has 0 N–H and O–H groups in total. The fourth-order valence-electron chi connectivity index (χ4n) is 2.40. The number of ketones is 1. The smallest absolute Gasteiger partial charge is 0.143 e. The van der Waals surface area contributed by atoms with Gasteiger partial charge in [-0.3, -0.25) is 4.79 Å². The highest BCUT2D eigenvalue weighted by Crippen LogP contribution is 2.25. The predicted molar refractivity (Wildman–Crippen MR) is 68.3 cm³/mol. The van der Waals surface area contributed by atoms with Crippen LogP contribution in [0.15, 0.2) is 24.3 Å². The molecule has 0 bridgehead atoms. The topological polar surface area (TPSA) is 26.3 Å². The number of rotatable bonds is 4. The molecule has 1 heterocycles. The predicted octanol–water partition coefficient (Wildman–Crippen LogP) is 3.27. The molecule has 1 aromatic rings. The molecule has 2 nitrogen and oxygen atoms in total. The lowest BCUT2D eigenvalue weighted by molar-refractivity contribution is -0.123. The van der Waals surface area contributed by atoms with E-state index in [1.54, 1.807) is 0 Å². The number of ether oxygens (including phenoxy) is 1. The highest BCUT2D eigenvalue weighted by atomic mass is 35.5. The van der Waals surface area contributed by atoms with Crippen LogP contribution in [-0.2, 0) is 16.0 Å². The Kier molecular flexibility index (Phi) is 4.19. The van der Waals surface area contributed by atoms with E-state index in [-0.39, 0.29) is 17.8 Å². The van der Waals surface area contributed by atoms with E-state index < -0.39 is 0 Å². The molecule has 0 aliphatic carbocycles. The van der Waals surface area contributed by atoms with Crippen molar-refractivity contribution in [1.82, 2.24) is 0 Å². The summed E-state index contributed by atoms with van der Waals surface area (Å²) >= 11 is 5.91. The number of carbonyl (C=O) groups is 1. The summed E-state index contributed by atoms with van der Waals surface area (Å²) in [5, 5.41) is 0.685. The van der Waals surface area contributed by atoms with Crippen molar-refractivity contribution in [3.05, 3.63) is 34.9 Å². The maximum atomic E-state index is 12.2. The summed E-state index contributed by atoms with van der Waals surface area (Å²) in [5.41, 5.74) is 0.990. The molecule has 1 aliphatic heterocycles. The standard InChI is InChI=1S/C14H17ClO2/c1-2-14-12(6-7-17-14)13(16)9-10-4-3-5-11(15)8-10/h3-5,8,12,14H,2,6-7,9H2,1H3. The molecule has 0 amide bonds. The molecule has 2 atom stereocenters. The van der Waals surface area contributed by atoms with Crippen LogP contribution >= 0.6 is 11.6 Å². The van der Waals surface area contributed by atoms with Crippen molar-refractivity contribution in [2.24, 2.45) is 5.92 Å². The van der Waals surface area contributed by atoms with Gasteiger partial charge in [0.1, 0.15) is 5.78 Å². The van der Waals surface area contributed by atoms with E-state index in [4.69, 9.17) is 16.3 Å². The van der Waals surface area contributed by atoms with Gasteiger partial charge in [-0.25, -0.2) is 0 Å². The number of Topliss-reactive ketones (excluding diaryl/α,β-unsaturated/α-hetero) is 1. The van der Waals surface area contributed by atoms with Crippen molar-refractivity contribution < 1.29 is 9.53 Å². The highest BCUT2D eigenvalue weighted by molar-refractivity contribution is 6.30. The molecule has 0 radical (unpaired) electrons. The summed E-state index contributed by atoms with van der Waals surface area (Å²) in [6, 6.07) is 7.51. The molecule has 0 saturated carbocycles. The van der Waals surface area contributed by atoms with Crippen LogP contribution in [-0.4, -0.2) is 18.5 Å². The summed E-state index contributed by atoms with van der Waals surface area (Å²) < 4.78 is 5.55. The third-order valence-electron chi connectivity index (χ3n) is 3.29. The Hall–Kier alpha value is -0.860. The minimum Gasteiger partial charge on any atom is -0.377 e. The van der Waals surface area contributed by atoms with Crippen molar-refractivity contribution in [2.45, 2.75) is 32.3 Å². The summed E-state index contributed by atoms with van der Waals surface area (Å²) in [6.45, 7) is 2.78. The van der Waals surface area contributed by atoms with Gasteiger partial charge in [0.25, 0.3) is 0 Å². The lowest BCUT2D eigenvalue weighted by Crippen LogP contribution is -2.25. The second-order valence-electron chi connectivity index (χ2n) is 4.49. The van der Waals surface area contributed by atoms with Gasteiger partial charge < -0.3 is 4.74 Å². The molecule has 1 fully saturated rings. The molecule has 0 aromatic heterocycles. The Bertz CT molecular complexity index is 403. The third kappa shape index (κ3) is 3.08. The molecular weight excluding hydrogens is 236 g/mol. The number of hydrogen-bond acceptors (Lipinski definition) is 2. The minimum absolute atomic E-state index is 0.0685.